The van der Waals surface area contributed by atoms with Crippen molar-refractivity contribution in [3.05, 3.63) is 53.8 Å². The molecule has 1 aromatic carbocycles. The first-order chi connectivity index (χ1) is 12.7. The standard InChI is InChI=1S/C19H21N5OS/c20-13-19(8-4-5-9-19)23-17(25)16-12-26-18(22-16)14-10-21-24(11-14)15-6-2-1-3-7-15/h1-3,6-7,10-12H,4-5,8-9,13,20H2,(H,23,25). The largest absolute Gasteiger partial charge is 0.344 e. The van der Waals surface area contributed by atoms with Gasteiger partial charge in [-0.15, -0.1) is 11.3 Å². The Labute approximate surface area is 156 Å². The number of nitrogens with two attached hydrogens (primary N) is 1. The van der Waals surface area contributed by atoms with Crippen LogP contribution in [0.15, 0.2) is 48.1 Å². The van der Waals surface area contributed by atoms with E-state index in [0.29, 0.717) is 12.2 Å². The van der Waals surface area contributed by atoms with Gasteiger partial charge in [-0.2, -0.15) is 5.10 Å². The Morgan fingerprint density at radius 1 is 1.27 bits per heavy atom. The normalized spacial score (nSPS) is 15.9. The number of rotatable bonds is 5. The van der Waals surface area contributed by atoms with Crippen LogP contribution >= 0.6 is 11.3 Å². The molecule has 4 rings (SSSR count). The minimum atomic E-state index is -0.265. The maximum absolute atomic E-state index is 12.6. The lowest BCUT2D eigenvalue weighted by Crippen LogP contribution is -2.51. The summed E-state index contributed by atoms with van der Waals surface area (Å²) in [5.41, 5.74) is 7.96. The number of para-hydroxylation sites is 1. The summed E-state index contributed by atoms with van der Waals surface area (Å²) in [6.07, 6.45) is 7.79. The fourth-order valence-corrected chi connectivity index (χ4v) is 4.18. The third kappa shape index (κ3) is 3.27. The van der Waals surface area contributed by atoms with Crippen LogP contribution in [0.2, 0.25) is 0 Å². The van der Waals surface area contributed by atoms with E-state index in [-0.39, 0.29) is 11.4 Å². The summed E-state index contributed by atoms with van der Waals surface area (Å²) in [4.78, 5) is 17.1. The maximum Gasteiger partial charge on any atom is 0.271 e. The van der Waals surface area contributed by atoms with Crippen molar-refractivity contribution < 1.29 is 4.79 Å². The predicted octanol–water partition coefficient (Wildman–Crippen LogP) is 3.00. The van der Waals surface area contributed by atoms with Gasteiger partial charge in [-0.3, -0.25) is 4.79 Å². The minimum absolute atomic E-state index is 0.143. The summed E-state index contributed by atoms with van der Waals surface area (Å²) in [5, 5.41) is 10.1. The van der Waals surface area contributed by atoms with E-state index in [1.54, 1.807) is 16.3 Å². The van der Waals surface area contributed by atoms with Gasteiger partial charge in [0.2, 0.25) is 0 Å². The van der Waals surface area contributed by atoms with E-state index in [2.05, 4.69) is 15.4 Å². The number of nitrogens with zero attached hydrogens (tertiary/aromatic N) is 3. The molecule has 1 fully saturated rings. The maximum atomic E-state index is 12.6. The molecule has 3 aromatic rings. The number of carbonyl (C=O) groups is 1. The average molecular weight is 367 g/mol. The number of nitrogens with one attached hydrogen (secondary N) is 1. The van der Waals surface area contributed by atoms with E-state index in [1.807, 2.05) is 36.5 Å². The summed E-state index contributed by atoms with van der Waals surface area (Å²) in [6.45, 7) is 0.472. The molecule has 6 nitrogen and oxygen atoms in total. The molecule has 26 heavy (non-hydrogen) atoms. The topological polar surface area (TPSA) is 85.8 Å². The molecule has 0 radical (unpaired) electrons. The zero-order valence-corrected chi connectivity index (χ0v) is 15.2. The van der Waals surface area contributed by atoms with Crippen molar-refractivity contribution in [2.45, 2.75) is 31.2 Å². The zero-order chi connectivity index (χ0) is 18.0. The lowest BCUT2D eigenvalue weighted by molar-refractivity contribution is 0.0898. The molecule has 2 aromatic heterocycles. The Hall–Kier alpha value is -2.51. The van der Waals surface area contributed by atoms with Crippen LogP contribution in [0, 0.1) is 0 Å². The average Bonchev–Trinajstić information content (AvgIpc) is 3.42. The molecular formula is C19H21N5OS. The number of thiazole rings is 1. The van der Waals surface area contributed by atoms with Crippen LogP contribution in [0.3, 0.4) is 0 Å². The molecule has 3 N–H and O–H groups in total. The van der Waals surface area contributed by atoms with Crippen molar-refractivity contribution in [1.29, 1.82) is 0 Å². The smallest absolute Gasteiger partial charge is 0.271 e. The van der Waals surface area contributed by atoms with Crippen molar-refractivity contribution in [2.75, 3.05) is 6.54 Å². The van der Waals surface area contributed by atoms with Gasteiger partial charge in [-0.05, 0) is 25.0 Å². The van der Waals surface area contributed by atoms with Crippen LogP contribution in [0.5, 0.6) is 0 Å². The van der Waals surface area contributed by atoms with Crippen LogP contribution in [0.25, 0.3) is 16.3 Å². The van der Waals surface area contributed by atoms with E-state index >= 15 is 0 Å². The molecular weight excluding hydrogens is 346 g/mol. The van der Waals surface area contributed by atoms with Crippen molar-refractivity contribution in [1.82, 2.24) is 20.1 Å². The van der Waals surface area contributed by atoms with Gasteiger partial charge >= 0.3 is 0 Å². The number of benzene rings is 1. The molecule has 0 saturated heterocycles. The molecule has 0 unspecified atom stereocenters. The Morgan fingerprint density at radius 2 is 2.04 bits per heavy atom. The highest BCUT2D eigenvalue weighted by molar-refractivity contribution is 7.13. The lowest BCUT2D eigenvalue weighted by atomic mass is 9.98. The highest BCUT2D eigenvalue weighted by atomic mass is 32.1. The second-order valence-corrected chi connectivity index (χ2v) is 7.55. The molecule has 1 aliphatic rings. The zero-order valence-electron chi connectivity index (χ0n) is 14.4. The third-order valence-corrected chi connectivity index (χ3v) is 5.81. The van der Waals surface area contributed by atoms with E-state index in [4.69, 9.17) is 5.73 Å². The summed E-state index contributed by atoms with van der Waals surface area (Å²) < 4.78 is 1.80. The first-order valence-electron chi connectivity index (χ1n) is 8.78. The van der Waals surface area contributed by atoms with Crippen LogP contribution in [0.4, 0.5) is 0 Å². The molecule has 1 saturated carbocycles. The Bertz CT molecular complexity index is 896. The van der Waals surface area contributed by atoms with Gasteiger partial charge in [0, 0.05) is 23.7 Å². The summed E-state index contributed by atoms with van der Waals surface area (Å²) in [5.74, 6) is -0.143. The number of aromatic nitrogens is 3. The lowest BCUT2D eigenvalue weighted by Gasteiger charge is -2.28. The van der Waals surface area contributed by atoms with Crippen LogP contribution in [0.1, 0.15) is 36.2 Å². The van der Waals surface area contributed by atoms with Crippen LogP contribution in [-0.2, 0) is 0 Å². The van der Waals surface area contributed by atoms with Crippen LogP contribution in [-0.4, -0.2) is 32.8 Å². The number of hydrogen-bond acceptors (Lipinski definition) is 5. The molecule has 0 bridgehead atoms. The summed E-state index contributed by atoms with van der Waals surface area (Å²) in [7, 11) is 0. The van der Waals surface area contributed by atoms with Gasteiger partial charge in [0.05, 0.1) is 17.4 Å². The number of amides is 1. The Morgan fingerprint density at radius 3 is 2.77 bits per heavy atom. The third-order valence-electron chi connectivity index (χ3n) is 4.92. The molecule has 7 heteroatoms. The molecule has 1 aliphatic carbocycles. The monoisotopic (exact) mass is 367 g/mol. The van der Waals surface area contributed by atoms with E-state index in [9.17, 15) is 4.79 Å². The Balaban J connectivity index is 1.51. The van der Waals surface area contributed by atoms with Gasteiger partial charge in [0.25, 0.3) is 5.91 Å². The van der Waals surface area contributed by atoms with E-state index < -0.39 is 0 Å². The fraction of sp³-hybridized carbons (Fsp3) is 0.316. The summed E-state index contributed by atoms with van der Waals surface area (Å²) in [6, 6.07) is 9.90. The van der Waals surface area contributed by atoms with Crippen molar-refractivity contribution in [3.8, 4) is 16.3 Å². The second-order valence-electron chi connectivity index (χ2n) is 6.69. The quantitative estimate of drug-likeness (QED) is 0.726. The number of hydrogen-bond donors (Lipinski definition) is 2. The molecule has 134 valence electrons. The Kier molecular flexibility index (Phi) is 4.57. The van der Waals surface area contributed by atoms with Crippen molar-refractivity contribution >= 4 is 17.2 Å². The van der Waals surface area contributed by atoms with Gasteiger partial charge in [-0.1, -0.05) is 31.0 Å². The highest BCUT2D eigenvalue weighted by Gasteiger charge is 2.34. The van der Waals surface area contributed by atoms with E-state index in [0.717, 1.165) is 41.9 Å². The molecule has 2 heterocycles. The first-order valence-corrected chi connectivity index (χ1v) is 9.66. The van der Waals surface area contributed by atoms with Gasteiger partial charge in [0.1, 0.15) is 10.7 Å². The van der Waals surface area contributed by atoms with Gasteiger partial charge in [0.15, 0.2) is 0 Å². The highest BCUT2D eigenvalue weighted by Crippen LogP contribution is 2.29. The SMILES string of the molecule is NCC1(NC(=O)c2csc(-c3cnn(-c4ccccc4)c3)n2)CCCC1. The van der Waals surface area contributed by atoms with Crippen LogP contribution < -0.4 is 11.1 Å². The van der Waals surface area contributed by atoms with Crippen molar-refractivity contribution in [2.24, 2.45) is 5.73 Å². The minimum Gasteiger partial charge on any atom is -0.344 e. The van der Waals surface area contributed by atoms with Gasteiger partial charge < -0.3 is 11.1 Å². The predicted molar refractivity (Wildman–Crippen MR) is 102 cm³/mol. The number of carbonyl (C=O) groups excluding carboxylic acids is 1. The van der Waals surface area contributed by atoms with Gasteiger partial charge in [-0.25, -0.2) is 9.67 Å². The molecule has 0 atom stereocenters. The molecule has 0 spiro atoms. The second kappa shape index (κ2) is 7.01. The summed E-state index contributed by atoms with van der Waals surface area (Å²) >= 11 is 1.45. The van der Waals surface area contributed by atoms with Crippen molar-refractivity contribution in [3.63, 3.8) is 0 Å². The fourth-order valence-electron chi connectivity index (χ4n) is 3.40. The first kappa shape index (κ1) is 16.9. The van der Waals surface area contributed by atoms with E-state index in [1.165, 1.54) is 11.3 Å². The molecule has 1 amide bonds. The molecule has 0 aliphatic heterocycles.